The van der Waals surface area contributed by atoms with Gasteiger partial charge in [-0.1, -0.05) is 18.2 Å². The van der Waals surface area contributed by atoms with Crippen LogP contribution in [0.5, 0.6) is 0 Å². The monoisotopic (exact) mass is 326 g/mol. The van der Waals surface area contributed by atoms with Gasteiger partial charge < -0.3 is 16.0 Å². The van der Waals surface area contributed by atoms with E-state index >= 15 is 0 Å². The van der Waals surface area contributed by atoms with E-state index in [4.69, 9.17) is 5.73 Å². The first-order chi connectivity index (χ1) is 11.5. The third kappa shape index (κ3) is 3.27. The number of anilines is 1. The number of hydrogen-bond acceptors (Lipinski definition) is 5. The van der Waals surface area contributed by atoms with Crippen LogP contribution < -0.4 is 16.6 Å². The van der Waals surface area contributed by atoms with Gasteiger partial charge in [0, 0.05) is 24.0 Å². The number of amides is 1. The average Bonchev–Trinajstić information content (AvgIpc) is 2.98. The molecule has 124 valence electrons. The van der Waals surface area contributed by atoms with Gasteiger partial charge in [0.15, 0.2) is 0 Å². The average molecular weight is 326 g/mol. The molecule has 1 atom stereocenters. The van der Waals surface area contributed by atoms with Crippen LogP contribution in [0.1, 0.15) is 24.2 Å². The third-order valence-corrected chi connectivity index (χ3v) is 3.85. The van der Waals surface area contributed by atoms with Crippen LogP contribution in [0.15, 0.2) is 35.1 Å². The van der Waals surface area contributed by atoms with Gasteiger partial charge >= 0.3 is 0 Å². The summed E-state index contributed by atoms with van der Waals surface area (Å²) in [6, 6.07) is 9.22. The highest BCUT2D eigenvalue weighted by Crippen LogP contribution is 2.16. The molecule has 0 spiro atoms. The molecule has 0 aliphatic carbocycles. The summed E-state index contributed by atoms with van der Waals surface area (Å²) < 4.78 is 0. The first-order valence-electron chi connectivity index (χ1n) is 7.61. The highest BCUT2D eigenvalue weighted by molar-refractivity contribution is 5.85. The van der Waals surface area contributed by atoms with E-state index in [0.29, 0.717) is 24.4 Å². The fourth-order valence-electron chi connectivity index (χ4n) is 2.51. The minimum atomic E-state index is -0.557. The predicted octanol–water partition coefficient (Wildman–Crippen LogP) is 0.691. The molecule has 8 heteroatoms. The van der Waals surface area contributed by atoms with Crippen molar-refractivity contribution in [2.24, 2.45) is 0 Å². The van der Waals surface area contributed by atoms with Gasteiger partial charge in [-0.25, -0.2) is 0 Å². The normalized spacial score (nSPS) is 12.2. The van der Waals surface area contributed by atoms with Gasteiger partial charge in [-0.3, -0.25) is 14.7 Å². The van der Waals surface area contributed by atoms with Gasteiger partial charge in [-0.2, -0.15) is 4.98 Å². The van der Waals surface area contributed by atoms with Crippen molar-refractivity contribution < 1.29 is 4.79 Å². The lowest BCUT2D eigenvalue weighted by Crippen LogP contribution is -2.32. The number of aromatic amines is 2. The van der Waals surface area contributed by atoms with Crippen molar-refractivity contribution in [3.63, 3.8) is 0 Å². The number of aromatic nitrogens is 4. The number of hydrogen-bond donors (Lipinski definition) is 4. The highest BCUT2D eigenvalue weighted by atomic mass is 16.2. The number of nitrogens with two attached hydrogens (primary N) is 1. The Bertz CT molecular complexity index is 929. The van der Waals surface area contributed by atoms with Gasteiger partial charge in [0.2, 0.25) is 11.9 Å². The molecule has 1 amide bonds. The van der Waals surface area contributed by atoms with Crippen molar-refractivity contribution >= 4 is 22.8 Å². The number of nitrogens with zero attached hydrogens (tertiary/aromatic N) is 2. The minimum Gasteiger partial charge on any atom is -0.367 e. The van der Waals surface area contributed by atoms with Crippen LogP contribution in [-0.4, -0.2) is 32.6 Å². The lowest BCUT2D eigenvalue weighted by Gasteiger charge is -2.12. The van der Waals surface area contributed by atoms with E-state index in [2.05, 4.69) is 25.5 Å². The smallest absolute Gasteiger partial charge is 0.252 e. The Morgan fingerprint density at radius 3 is 2.92 bits per heavy atom. The Morgan fingerprint density at radius 2 is 2.17 bits per heavy atom. The largest absolute Gasteiger partial charge is 0.367 e. The maximum atomic E-state index is 12.3. The number of carbonyl (C=O) groups is 1. The maximum Gasteiger partial charge on any atom is 0.252 e. The van der Waals surface area contributed by atoms with Gasteiger partial charge in [-0.05, 0) is 24.4 Å². The quantitative estimate of drug-likeness (QED) is 0.548. The Morgan fingerprint density at radius 1 is 1.38 bits per heavy atom. The summed E-state index contributed by atoms with van der Waals surface area (Å²) >= 11 is 0. The molecular formula is C16H18N6O2. The van der Waals surface area contributed by atoms with Crippen LogP contribution in [0.4, 0.5) is 5.95 Å². The van der Waals surface area contributed by atoms with Crippen molar-refractivity contribution in [2.75, 3.05) is 12.3 Å². The fourth-order valence-corrected chi connectivity index (χ4v) is 2.51. The number of nitrogens with one attached hydrogen (secondary N) is 3. The first kappa shape index (κ1) is 15.7. The van der Waals surface area contributed by atoms with E-state index in [1.165, 1.54) is 0 Å². The van der Waals surface area contributed by atoms with Crippen LogP contribution in [-0.2, 0) is 11.2 Å². The molecule has 24 heavy (non-hydrogen) atoms. The number of H-pyrrole nitrogens is 2. The van der Waals surface area contributed by atoms with Gasteiger partial charge in [0.25, 0.3) is 5.56 Å². The van der Waals surface area contributed by atoms with E-state index in [0.717, 1.165) is 10.9 Å². The second kappa shape index (κ2) is 6.53. The van der Waals surface area contributed by atoms with Crippen molar-refractivity contribution in [2.45, 2.75) is 19.3 Å². The lowest BCUT2D eigenvalue weighted by molar-refractivity contribution is -0.122. The minimum absolute atomic E-state index is 0.174. The summed E-state index contributed by atoms with van der Waals surface area (Å²) in [7, 11) is 0. The number of rotatable bonds is 5. The van der Waals surface area contributed by atoms with Gasteiger partial charge in [0.1, 0.15) is 5.82 Å². The van der Waals surface area contributed by atoms with Crippen LogP contribution in [0.3, 0.4) is 0 Å². The number of nitrogen functional groups attached to an aromatic ring is 1. The molecule has 5 N–H and O–H groups in total. The summed E-state index contributed by atoms with van der Waals surface area (Å²) in [5.74, 6) is -0.00202. The second-order valence-electron chi connectivity index (χ2n) is 5.54. The zero-order valence-electron chi connectivity index (χ0n) is 13.2. The molecule has 0 aliphatic rings. The van der Waals surface area contributed by atoms with E-state index in [9.17, 15) is 9.59 Å². The molecular weight excluding hydrogens is 308 g/mol. The Balaban J connectivity index is 1.69. The van der Waals surface area contributed by atoms with Crippen molar-refractivity contribution in [3.8, 4) is 0 Å². The van der Waals surface area contributed by atoms with Crippen LogP contribution in [0.2, 0.25) is 0 Å². The van der Waals surface area contributed by atoms with E-state index in [1.54, 1.807) is 13.0 Å². The molecule has 0 aliphatic heterocycles. The van der Waals surface area contributed by atoms with E-state index in [-0.39, 0.29) is 17.4 Å². The standard InChI is InChI=1S/C16H18N6O2/c1-9(14(23)18-7-6-13-20-16(17)22-21-13)11-8-10-4-2-3-5-12(10)19-15(11)24/h2-5,8-9H,6-7H2,1H3,(H,18,23)(H,19,24)(H3,17,20,21,22). The van der Waals surface area contributed by atoms with Crippen molar-refractivity contribution in [1.29, 1.82) is 0 Å². The summed E-state index contributed by atoms with van der Waals surface area (Å²) in [6.45, 7) is 2.09. The van der Waals surface area contributed by atoms with Crippen molar-refractivity contribution in [3.05, 3.63) is 52.1 Å². The summed E-state index contributed by atoms with van der Waals surface area (Å²) in [6.07, 6.45) is 0.483. The predicted molar refractivity (Wildman–Crippen MR) is 90.5 cm³/mol. The zero-order chi connectivity index (χ0) is 17.1. The molecule has 0 bridgehead atoms. The first-order valence-corrected chi connectivity index (χ1v) is 7.61. The Labute approximate surface area is 137 Å². The number of para-hydroxylation sites is 1. The number of benzene rings is 1. The van der Waals surface area contributed by atoms with E-state index in [1.807, 2.05) is 24.3 Å². The number of fused-ring (bicyclic) bond motifs is 1. The van der Waals surface area contributed by atoms with Crippen molar-refractivity contribution in [1.82, 2.24) is 25.5 Å². The van der Waals surface area contributed by atoms with Gasteiger partial charge in [0.05, 0.1) is 5.92 Å². The van der Waals surface area contributed by atoms with Crippen LogP contribution >= 0.6 is 0 Å². The van der Waals surface area contributed by atoms with Crippen LogP contribution in [0.25, 0.3) is 10.9 Å². The highest BCUT2D eigenvalue weighted by Gasteiger charge is 2.18. The zero-order valence-corrected chi connectivity index (χ0v) is 13.2. The number of carbonyl (C=O) groups excluding carboxylic acids is 1. The molecule has 1 unspecified atom stereocenters. The second-order valence-corrected chi connectivity index (χ2v) is 5.54. The Kier molecular flexibility index (Phi) is 4.28. The molecule has 2 aromatic heterocycles. The summed E-state index contributed by atoms with van der Waals surface area (Å²) in [5.41, 5.74) is 6.36. The summed E-state index contributed by atoms with van der Waals surface area (Å²) in [4.78, 5) is 31.3. The Hall–Kier alpha value is -3.16. The molecule has 8 nitrogen and oxygen atoms in total. The fraction of sp³-hybridized carbons (Fsp3) is 0.250. The maximum absolute atomic E-state index is 12.3. The molecule has 0 fully saturated rings. The van der Waals surface area contributed by atoms with Crippen LogP contribution in [0, 0.1) is 0 Å². The molecule has 3 aromatic rings. The molecule has 2 heterocycles. The van der Waals surface area contributed by atoms with E-state index < -0.39 is 5.92 Å². The molecule has 0 saturated heterocycles. The molecule has 0 saturated carbocycles. The van der Waals surface area contributed by atoms with Gasteiger partial charge in [-0.15, -0.1) is 5.10 Å². The molecule has 3 rings (SSSR count). The molecule has 1 aromatic carbocycles. The number of pyridine rings is 1. The lowest BCUT2D eigenvalue weighted by atomic mass is 10.00. The molecule has 0 radical (unpaired) electrons. The third-order valence-electron chi connectivity index (χ3n) is 3.85. The topological polar surface area (TPSA) is 130 Å². The summed E-state index contributed by atoms with van der Waals surface area (Å²) in [5, 5.41) is 10.1. The SMILES string of the molecule is CC(C(=O)NCCc1nc(N)n[nH]1)c1cc2ccccc2[nH]c1=O.